The van der Waals surface area contributed by atoms with E-state index in [-0.39, 0.29) is 10.7 Å². The molecule has 0 saturated carbocycles. The van der Waals surface area contributed by atoms with Gasteiger partial charge in [-0.25, -0.2) is 4.79 Å². The van der Waals surface area contributed by atoms with Crippen LogP contribution in [-0.4, -0.2) is 17.1 Å². The minimum atomic E-state index is -4.50. The van der Waals surface area contributed by atoms with Gasteiger partial charge in [0.15, 0.2) is 0 Å². The van der Waals surface area contributed by atoms with E-state index in [9.17, 15) is 18.0 Å². The number of carbonyl (C=O) groups is 1. The molecule has 0 radical (unpaired) electrons. The molecule has 1 rings (SSSR count). The minimum absolute atomic E-state index is 0.0302. The topological polar surface area (TPSA) is 49.3 Å². The van der Waals surface area contributed by atoms with Gasteiger partial charge in [-0.1, -0.05) is 24.9 Å². The number of anilines is 1. The van der Waals surface area contributed by atoms with Gasteiger partial charge in [-0.3, -0.25) is 0 Å². The van der Waals surface area contributed by atoms with Gasteiger partial charge in [-0.2, -0.15) is 13.2 Å². The Bertz CT molecular complexity index is 463. The molecule has 1 unspecified atom stereocenters. The molecule has 106 valence electrons. The highest BCUT2D eigenvalue weighted by Gasteiger charge is 2.31. The molecule has 0 heterocycles. The maximum absolute atomic E-state index is 12.6. The van der Waals surface area contributed by atoms with Crippen molar-refractivity contribution in [1.82, 2.24) is 0 Å². The molecule has 1 aromatic rings. The Hall–Kier alpha value is -1.43. The van der Waals surface area contributed by atoms with E-state index < -0.39 is 23.8 Å². The first-order valence-electron chi connectivity index (χ1n) is 5.61. The number of hydrogen-bond acceptors (Lipinski definition) is 2. The van der Waals surface area contributed by atoms with Gasteiger partial charge >= 0.3 is 12.1 Å². The van der Waals surface area contributed by atoms with Crippen LogP contribution in [0.15, 0.2) is 18.2 Å². The molecule has 0 bridgehead atoms. The molecule has 0 aliphatic heterocycles. The third kappa shape index (κ3) is 4.31. The van der Waals surface area contributed by atoms with Crippen molar-refractivity contribution < 1.29 is 23.1 Å². The van der Waals surface area contributed by atoms with Crippen LogP contribution >= 0.6 is 11.6 Å². The summed E-state index contributed by atoms with van der Waals surface area (Å²) in [5.74, 6) is -1.13. The number of carboxylic acids is 1. The van der Waals surface area contributed by atoms with Gasteiger partial charge in [-0.05, 0) is 24.6 Å². The summed E-state index contributed by atoms with van der Waals surface area (Å²) in [6.45, 7) is 1.78. The average molecular weight is 296 g/mol. The Labute approximate surface area is 113 Å². The number of carboxylic acid groups (broad SMARTS) is 1. The SMILES string of the molecule is CCCC(Nc1cc(C(F)(F)F)ccc1Cl)C(=O)O. The number of halogens is 4. The van der Waals surface area contributed by atoms with Crippen LogP contribution in [0.1, 0.15) is 25.3 Å². The summed E-state index contributed by atoms with van der Waals surface area (Å²) in [6, 6.07) is 1.79. The second-order valence-electron chi connectivity index (χ2n) is 4.02. The first-order valence-corrected chi connectivity index (χ1v) is 5.99. The molecule has 0 aromatic heterocycles. The predicted octanol–water partition coefficient (Wildman–Crippen LogP) is 4.02. The van der Waals surface area contributed by atoms with Crippen molar-refractivity contribution in [2.24, 2.45) is 0 Å². The first kappa shape index (κ1) is 15.6. The van der Waals surface area contributed by atoms with Crippen LogP contribution in [0.4, 0.5) is 18.9 Å². The van der Waals surface area contributed by atoms with Gasteiger partial charge in [0, 0.05) is 0 Å². The first-order chi connectivity index (χ1) is 8.75. The molecular weight excluding hydrogens is 283 g/mol. The molecule has 0 saturated heterocycles. The van der Waals surface area contributed by atoms with E-state index in [2.05, 4.69) is 5.32 Å². The summed E-state index contributed by atoms with van der Waals surface area (Å²) in [5, 5.41) is 11.5. The third-order valence-corrected chi connectivity index (χ3v) is 2.83. The lowest BCUT2D eigenvalue weighted by Crippen LogP contribution is -2.29. The van der Waals surface area contributed by atoms with E-state index in [0.29, 0.717) is 12.8 Å². The average Bonchev–Trinajstić information content (AvgIpc) is 2.29. The second kappa shape index (κ2) is 6.14. The van der Waals surface area contributed by atoms with Crippen molar-refractivity contribution in [1.29, 1.82) is 0 Å². The molecule has 19 heavy (non-hydrogen) atoms. The zero-order valence-corrected chi connectivity index (χ0v) is 10.8. The van der Waals surface area contributed by atoms with Crippen LogP contribution in [0, 0.1) is 0 Å². The maximum Gasteiger partial charge on any atom is 0.416 e. The Morgan fingerprint density at radius 2 is 2.11 bits per heavy atom. The fourth-order valence-corrected chi connectivity index (χ4v) is 1.72. The zero-order chi connectivity index (χ0) is 14.6. The third-order valence-electron chi connectivity index (χ3n) is 2.50. The van der Waals surface area contributed by atoms with Crippen LogP contribution in [0.5, 0.6) is 0 Å². The van der Waals surface area contributed by atoms with Crippen LogP contribution < -0.4 is 5.32 Å². The van der Waals surface area contributed by atoms with Crippen molar-refractivity contribution in [2.45, 2.75) is 32.0 Å². The van der Waals surface area contributed by atoms with E-state index in [1.54, 1.807) is 6.92 Å². The molecule has 0 fully saturated rings. The smallest absolute Gasteiger partial charge is 0.416 e. The molecule has 0 aliphatic rings. The Kier molecular flexibility index (Phi) is 5.05. The van der Waals surface area contributed by atoms with E-state index in [1.165, 1.54) is 0 Å². The molecule has 0 amide bonds. The summed E-state index contributed by atoms with van der Waals surface area (Å²) in [7, 11) is 0. The molecule has 0 aliphatic carbocycles. The summed E-state index contributed by atoms with van der Waals surface area (Å²) >= 11 is 5.77. The Morgan fingerprint density at radius 1 is 1.47 bits per heavy atom. The number of alkyl halides is 3. The van der Waals surface area contributed by atoms with Crippen LogP contribution in [0.2, 0.25) is 5.02 Å². The lowest BCUT2D eigenvalue weighted by molar-refractivity contribution is -0.138. The normalized spacial score (nSPS) is 13.1. The van der Waals surface area contributed by atoms with Crippen molar-refractivity contribution in [3.63, 3.8) is 0 Å². The van der Waals surface area contributed by atoms with E-state index in [4.69, 9.17) is 16.7 Å². The number of hydrogen-bond donors (Lipinski definition) is 2. The summed E-state index contributed by atoms with van der Waals surface area (Å²) in [6.07, 6.45) is -3.62. The minimum Gasteiger partial charge on any atom is -0.480 e. The fourth-order valence-electron chi connectivity index (χ4n) is 1.55. The van der Waals surface area contributed by atoms with Gasteiger partial charge in [0.25, 0.3) is 0 Å². The van der Waals surface area contributed by atoms with Gasteiger partial charge in [-0.15, -0.1) is 0 Å². The van der Waals surface area contributed by atoms with Crippen molar-refractivity contribution >= 4 is 23.3 Å². The number of nitrogens with one attached hydrogen (secondary N) is 1. The molecule has 2 N–H and O–H groups in total. The van der Waals surface area contributed by atoms with Gasteiger partial charge < -0.3 is 10.4 Å². The van der Waals surface area contributed by atoms with E-state index in [0.717, 1.165) is 18.2 Å². The van der Waals surface area contributed by atoms with Gasteiger partial charge in [0.05, 0.1) is 16.3 Å². The Morgan fingerprint density at radius 3 is 2.58 bits per heavy atom. The molecule has 3 nitrogen and oxygen atoms in total. The highest BCUT2D eigenvalue weighted by Crippen LogP contribution is 2.34. The lowest BCUT2D eigenvalue weighted by atomic mass is 10.1. The molecule has 1 aromatic carbocycles. The second-order valence-corrected chi connectivity index (χ2v) is 4.42. The van der Waals surface area contributed by atoms with Crippen molar-refractivity contribution in [2.75, 3.05) is 5.32 Å². The molecular formula is C12H13ClF3NO2. The number of aliphatic carboxylic acids is 1. The van der Waals surface area contributed by atoms with Gasteiger partial charge in [0.2, 0.25) is 0 Å². The van der Waals surface area contributed by atoms with E-state index in [1.807, 2.05) is 0 Å². The molecule has 0 spiro atoms. The largest absolute Gasteiger partial charge is 0.480 e. The highest BCUT2D eigenvalue weighted by molar-refractivity contribution is 6.33. The predicted molar refractivity (Wildman–Crippen MR) is 66.4 cm³/mol. The van der Waals surface area contributed by atoms with Crippen LogP contribution in [0.3, 0.4) is 0 Å². The zero-order valence-electron chi connectivity index (χ0n) is 10.1. The standard InChI is InChI=1S/C12H13ClF3NO2/c1-2-3-9(11(18)19)17-10-6-7(12(14,15)16)4-5-8(10)13/h4-6,9,17H,2-3H2,1H3,(H,18,19). The highest BCUT2D eigenvalue weighted by atomic mass is 35.5. The monoisotopic (exact) mass is 295 g/mol. The summed E-state index contributed by atoms with van der Waals surface area (Å²) in [5.41, 5.74) is -0.905. The van der Waals surface area contributed by atoms with E-state index >= 15 is 0 Å². The summed E-state index contributed by atoms with van der Waals surface area (Å²) < 4.78 is 37.7. The van der Waals surface area contributed by atoms with Crippen molar-refractivity contribution in [3.8, 4) is 0 Å². The maximum atomic E-state index is 12.6. The van der Waals surface area contributed by atoms with Crippen molar-refractivity contribution in [3.05, 3.63) is 28.8 Å². The molecule has 7 heteroatoms. The summed E-state index contributed by atoms with van der Waals surface area (Å²) in [4.78, 5) is 11.0. The lowest BCUT2D eigenvalue weighted by Gasteiger charge is -2.17. The van der Waals surface area contributed by atoms with Crippen LogP contribution in [0.25, 0.3) is 0 Å². The number of benzene rings is 1. The Balaban J connectivity index is 3.02. The van der Waals surface area contributed by atoms with Crippen LogP contribution in [-0.2, 0) is 11.0 Å². The quantitative estimate of drug-likeness (QED) is 0.862. The fraction of sp³-hybridized carbons (Fsp3) is 0.417. The molecule has 1 atom stereocenters. The van der Waals surface area contributed by atoms with Gasteiger partial charge in [0.1, 0.15) is 6.04 Å². The number of rotatable bonds is 5.